The maximum Gasteiger partial charge on any atom is 0.213 e. The Morgan fingerprint density at radius 2 is 2.25 bits per heavy atom. The number of methoxy groups -OCH3 is 1. The molecule has 16 heavy (non-hydrogen) atoms. The number of rotatable bonds is 5. The molecule has 0 aromatic carbocycles. The van der Waals surface area contributed by atoms with Gasteiger partial charge in [-0.1, -0.05) is 5.16 Å². The minimum atomic E-state index is 0.468. The third-order valence-corrected chi connectivity index (χ3v) is 3.20. The van der Waals surface area contributed by atoms with Gasteiger partial charge in [-0.25, -0.2) is 0 Å². The van der Waals surface area contributed by atoms with Crippen LogP contribution in [0.4, 0.5) is 0 Å². The van der Waals surface area contributed by atoms with E-state index in [9.17, 15) is 0 Å². The molecule has 0 amide bonds. The first-order valence-corrected chi connectivity index (χ1v) is 5.90. The molecule has 1 heterocycles. The second kappa shape index (κ2) is 5.96. The highest BCUT2D eigenvalue weighted by Gasteiger charge is 2.19. The van der Waals surface area contributed by atoms with Crippen molar-refractivity contribution in [3.05, 3.63) is 12.2 Å². The van der Waals surface area contributed by atoms with Crippen molar-refractivity contribution in [3.8, 4) is 0 Å². The Kier molecular flexibility index (Phi) is 4.30. The standard InChI is InChI=1S/C11H19N3O2/c1-15-10-4-2-9(3-5-10)12-7-6-11-13-8-16-14-11/h8-10,12H,2-7H2,1H3. The molecule has 1 N–H and O–H groups in total. The van der Waals surface area contributed by atoms with E-state index in [0.717, 1.165) is 31.6 Å². The molecule has 1 fully saturated rings. The monoisotopic (exact) mass is 225 g/mol. The van der Waals surface area contributed by atoms with Gasteiger partial charge in [0.05, 0.1) is 6.10 Å². The molecule has 1 aliphatic rings. The molecule has 0 spiro atoms. The topological polar surface area (TPSA) is 60.2 Å². The number of hydrogen-bond acceptors (Lipinski definition) is 5. The van der Waals surface area contributed by atoms with Gasteiger partial charge in [0, 0.05) is 26.1 Å². The van der Waals surface area contributed by atoms with Crippen LogP contribution >= 0.6 is 0 Å². The van der Waals surface area contributed by atoms with E-state index in [1.807, 2.05) is 0 Å². The lowest BCUT2D eigenvalue weighted by atomic mass is 9.93. The van der Waals surface area contributed by atoms with Crippen LogP contribution in [0, 0.1) is 0 Å². The quantitative estimate of drug-likeness (QED) is 0.814. The van der Waals surface area contributed by atoms with Crippen molar-refractivity contribution >= 4 is 0 Å². The molecule has 90 valence electrons. The van der Waals surface area contributed by atoms with Gasteiger partial charge in [-0.15, -0.1) is 0 Å². The van der Waals surface area contributed by atoms with Gasteiger partial charge in [-0.3, -0.25) is 0 Å². The molecule has 5 heteroatoms. The minimum Gasteiger partial charge on any atom is -0.381 e. The Labute approximate surface area is 95.6 Å². The SMILES string of the molecule is COC1CCC(NCCc2ncon2)CC1. The Morgan fingerprint density at radius 3 is 2.88 bits per heavy atom. The fourth-order valence-electron chi connectivity index (χ4n) is 2.19. The van der Waals surface area contributed by atoms with Gasteiger partial charge < -0.3 is 14.6 Å². The summed E-state index contributed by atoms with van der Waals surface area (Å²) in [6, 6.07) is 0.623. The van der Waals surface area contributed by atoms with Crippen LogP contribution in [0.25, 0.3) is 0 Å². The molecule has 1 saturated carbocycles. The average Bonchev–Trinajstić information content (AvgIpc) is 2.83. The van der Waals surface area contributed by atoms with Gasteiger partial charge in [-0.05, 0) is 25.7 Å². The number of ether oxygens (including phenoxy) is 1. The first-order chi connectivity index (χ1) is 7.88. The van der Waals surface area contributed by atoms with Gasteiger partial charge in [0.2, 0.25) is 6.39 Å². The van der Waals surface area contributed by atoms with E-state index in [0.29, 0.717) is 12.1 Å². The Hall–Kier alpha value is -0.940. The minimum absolute atomic E-state index is 0.468. The molecule has 0 unspecified atom stereocenters. The molecule has 0 bridgehead atoms. The van der Waals surface area contributed by atoms with Gasteiger partial charge in [0.15, 0.2) is 5.82 Å². The number of aromatic nitrogens is 2. The van der Waals surface area contributed by atoms with E-state index >= 15 is 0 Å². The van der Waals surface area contributed by atoms with Crippen LogP contribution in [0.2, 0.25) is 0 Å². The van der Waals surface area contributed by atoms with Gasteiger partial charge in [0.25, 0.3) is 0 Å². The van der Waals surface area contributed by atoms with Crippen molar-refractivity contribution in [2.45, 2.75) is 44.2 Å². The highest BCUT2D eigenvalue weighted by atomic mass is 16.5. The zero-order valence-corrected chi connectivity index (χ0v) is 9.69. The maximum absolute atomic E-state index is 5.34. The lowest BCUT2D eigenvalue weighted by molar-refractivity contribution is 0.0626. The van der Waals surface area contributed by atoms with Crippen LogP contribution in [0.5, 0.6) is 0 Å². The molecule has 2 rings (SSSR count). The first-order valence-electron chi connectivity index (χ1n) is 5.90. The number of hydrogen-bond donors (Lipinski definition) is 1. The van der Waals surface area contributed by atoms with E-state index in [-0.39, 0.29) is 0 Å². The lowest BCUT2D eigenvalue weighted by Gasteiger charge is -2.28. The van der Waals surface area contributed by atoms with E-state index < -0.39 is 0 Å². The van der Waals surface area contributed by atoms with Gasteiger partial charge in [-0.2, -0.15) is 4.98 Å². The summed E-state index contributed by atoms with van der Waals surface area (Å²) in [5.74, 6) is 0.776. The lowest BCUT2D eigenvalue weighted by Crippen LogP contribution is -2.36. The summed E-state index contributed by atoms with van der Waals surface area (Å²) in [7, 11) is 1.80. The zero-order chi connectivity index (χ0) is 11.2. The molecule has 0 saturated heterocycles. The normalized spacial score (nSPS) is 25.8. The van der Waals surface area contributed by atoms with Crippen molar-refractivity contribution in [1.29, 1.82) is 0 Å². The van der Waals surface area contributed by atoms with Crippen molar-refractivity contribution < 1.29 is 9.26 Å². The molecule has 1 aromatic rings. The van der Waals surface area contributed by atoms with Crippen LogP contribution in [0.3, 0.4) is 0 Å². The van der Waals surface area contributed by atoms with Gasteiger partial charge >= 0.3 is 0 Å². The second-order valence-electron chi connectivity index (χ2n) is 4.26. The smallest absolute Gasteiger partial charge is 0.213 e. The van der Waals surface area contributed by atoms with E-state index in [4.69, 9.17) is 4.74 Å². The largest absolute Gasteiger partial charge is 0.381 e. The van der Waals surface area contributed by atoms with Gasteiger partial charge in [0.1, 0.15) is 0 Å². The maximum atomic E-state index is 5.34. The third-order valence-electron chi connectivity index (χ3n) is 3.20. The molecule has 5 nitrogen and oxygen atoms in total. The Bertz CT molecular complexity index is 281. The van der Waals surface area contributed by atoms with Crippen molar-refractivity contribution in [2.24, 2.45) is 0 Å². The summed E-state index contributed by atoms with van der Waals surface area (Å²) in [5.41, 5.74) is 0. The van der Waals surface area contributed by atoms with Crippen LogP contribution in [0.1, 0.15) is 31.5 Å². The van der Waals surface area contributed by atoms with Crippen LogP contribution in [0.15, 0.2) is 10.9 Å². The fraction of sp³-hybridized carbons (Fsp3) is 0.818. The molecule has 0 atom stereocenters. The fourth-order valence-corrected chi connectivity index (χ4v) is 2.19. The number of nitrogens with zero attached hydrogens (tertiary/aromatic N) is 2. The number of nitrogens with one attached hydrogen (secondary N) is 1. The molecular formula is C11H19N3O2. The van der Waals surface area contributed by atoms with Crippen LogP contribution < -0.4 is 5.32 Å². The summed E-state index contributed by atoms with van der Waals surface area (Å²) < 4.78 is 10.0. The average molecular weight is 225 g/mol. The molecule has 1 aliphatic carbocycles. The predicted octanol–water partition coefficient (Wildman–Crippen LogP) is 1.16. The van der Waals surface area contributed by atoms with Crippen LogP contribution in [-0.2, 0) is 11.2 Å². The zero-order valence-electron chi connectivity index (χ0n) is 9.69. The highest BCUT2D eigenvalue weighted by Crippen LogP contribution is 2.20. The Balaban J connectivity index is 1.60. The van der Waals surface area contributed by atoms with E-state index in [1.54, 1.807) is 7.11 Å². The summed E-state index contributed by atoms with van der Waals surface area (Å²) in [6.07, 6.45) is 7.40. The van der Waals surface area contributed by atoms with Crippen LogP contribution in [-0.4, -0.2) is 35.9 Å². The molecule has 1 aromatic heterocycles. The molecule has 0 radical (unpaired) electrons. The van der Waals surface area contributed by atoms with Crippen molar-refractivity contribution in [1.82, 2.24) is 15.5 Å². The van der Waals surface area contributed by atoms with Crippen molar-refractivity contribution in [3.63, 3.8) is 0 Å². The first kappa shape index (κ1) is 11.5. The van der Waals surface area contributed by atoms with Crippen molar-refractivity contribution in [2.75, 3.05) is 13.7 Å². The summed E-state index contributed by atoms with van der Waals surface area (Å²) in [6.45, 7) is 0.919. The summed E-state index contributed by atoms with van der Waals surface area (Å²) in [4.78, 5) is 3.99. The molecular weight excluding hydrogens is 206 g/mol. The predicted molar refractivity (Wildman–Crippen MR) is 59.1 cm³/mol. The van der Waals surface area contributed by atoms with E-state index in [1.165, 1.54) is 19.2 Å². The molecule has 0 aliphatic heterocycles. The third kappa shape index (κ3) is 3.28. The van der Waals surface area contributed by atoms with E-state index in [2.05, 4.69) is 20.0 Å². The summed E-state index contributed by atoms with van der Waals surface area (Å²) in [5, 5.41) is 7.31. The second-order valence-corrected chi connectivity index (χ2v) is 4.26. The summed E-state index contributed by atoms with van der Waals surface area (Å²) >= 11 is 0. The highest BCUT2D eigenvalue weighted by molar-refractivity contribution is 4.82. The Morgan fingerprint density at radius 1 is 1.44 bits per heavy atom.